The molecule has 0 unspecified atom stereocenters. The SMILES string of the molecule is CC(C)[C@H](NC(=O)[C@@](N)(CC(=O)O)[C@]12OC(C)(C)O[C@]1(C(=O)O)O[C@@H](C(O)=C=O)[C@H]2O)C(=O)N1CCC[C@H]1C(=O)O. The van der Waals surface area contributed by atoms with E-state index in [9.17, 15) is 54.3 Å². The van der Waals surface area contributed by atoms with E-state index in [4.69, 9.17) is 19.9 Å². The van der Waals surface area contributed by atoms with E-state index in [0.717, 1.165) is 24.7 Å². The van der Waals surface area contributed by atoms with Gasteiger partial charge >= 0.3 is 23.7 Å². The summed E-state index contributed by atoms with van der Waals surface area (Å²) in [4.78, 5) is 76.1. The number of aliphatic carboxylic acids is 3. The van der Waals surface area contributed by atoms with Crippen LogP contribution in [0.3, 0.4) is 0 Å². The lowest BCUT2D eigenvalue weighted by Crippen LogP contribution is -2.80. The molecule has 228 valence electrons. The van der Waals surface area contributed by atoms with Crippen molar-refractivity contribution in [1.82, 2.24) is 10.2 Å². The first-order valence-electron chi connectivity index (χ1n) is 12.6. The number of aliphatic hydroxyl groups is 2. The average Bonchev–Trinajstić information content (AvgIpc) is 3.51. The van der Waals surface area contributed by atoms with Gasteiger partial charge in [-0.15, -0.1) is 0 Å². The number of likely N-dealkylation sites (tertiary alicyclic amines) is 1. The van der Waals surface area contributed by atoms with E-state index in [2.05, 4.69) is 5.32 Å². The second-order valence-corrected chi connectivity index (χ2v) is 11.0. The van der Waals surface area contributed by atoms with Gasteiger partial charge in [-0.05, 0) is 32.6 Å². The second kappa shape index (κ2) is 10.7. The van der Waals surface area contributed by atoms with Crippen LogP contribution < -0.4 is 11.1 Å². The van der Waals surface area contributed by atoms with Gasteiger partial charge in [-0.3, -0.25) is 14.4 Å². The molecular formula is C24H33N3O14. The average molecular weight is 588 g/mol. The number of ether oxygens (including phenoxy) is 3. The summed E-state index contributed by atoms with van der Waals surface area (Å²) in [6.07, 6.45) is -5.67. The van der Waals surface area contributed by atoms with Crippen molar-refractivity contribution < 1.29 is 68.5 Å². The molecule has 3 aliphatic rings. The van der Waals surface area contributed by atoms with Gasteiger partial charge in [0.15, 0.2) is 23.4 Å². The van der Waals surface area contributed by atoms with Crippen molar-refractivity contribution in [3.8, 4) is 0 Å². The standard InChI is InChI=1S/C24H33N3O14/c1-10(2)14(17(33)27-7-5-6-11(27)18(34)35)26-19(36)22(25,8-13(30)31)23-16(32)15(12(29)9-28)39-24(23,20(37)38)41-21(3,4)40-23/h10-11,14-16,29,32H,5-8,25H2,1-4H3,(H,26,36)(H,30,31)(H,34,35)(H,37,38)/t11-,14-,15-,16+,22-,23-,24-/m0/s1. The fraction of sp³-hybridized carbons (Fsp3) is 0.708. The Bertz CT molecular complexity index is 1200. The minimum absolute atomic E-state index is 0.0561. The number of carboxylic acids is 3. The zero-order chi connectivity index (χ0) is 31.3. The number of nitrogens with two attached hydrogens (primary N) is 1. The predicted molar refractivity (Wildman–Crippen MR) is 130 cm³/mol. The van der Waals surface area contributed by atoms with Crippen LogP contribution in [0.15, 0.2) is 5.76 Å². The van der Waals surface area contributed by atoms with Crippen LogP contribution >= 0.6 is 0 Å². The molecular weight excluding hydrogens is 554 g/mol. The van der Waals surface area contributed by atoms with Crippen molar-refractivity contribution in [3.63, 3.8) is 0 Å². The Morgan fingerprint density at radius 2 is 1.73 bits per heavy atom. The van der Waals surface area contributed by atoms with Crippen molar-refractivity contribution in [2.45, 2.75) is 94.0 Å². The van der Waals surface area contributed by atoms with E-state index in [-0.39, 0.29) is 13.0 Å². The molecule has 3 rings (SSSR count). The Labute approximate surface area is 232 Å². The van der Waals surface area contributed by atoms with Gasteiger partial charge in [-0.25, -0.2) is 14.4 Å². The van der Waals surface area contributed by atoms with Gasteiger partial charge in [-0.2, -0.15) is 0 Å². The highest BCUT2D eigenvalue weighted by molar-refractivity contribution is 5.98. The Kier molecular flexibility index (Phi) is 8.30. The summed E-state index contributed by atoms with van der Waals surface area (Å²) in [5.41, 5.74) is 0.140. The van der Waals surface area contributed by atoms with Crippen LogP contribution in [0, 0.1) is 5.92 Å². The first kappa shape index (κ1) is 31.9. The number of carboxylic acid groups (broad SMARTS) is 3. The number of carbonyl (C=O) groups is 5. The summed E-state index contributed by atoms with van der Waals surface area (Å²) < 4.78 is 16.5. The maximum absolute atomic E-state index is 14.0. The molecule has 2 amide bonds. The number of hydrogen-bond acceptors (Lipinski definition) is 12. The van der Waals surface area contributed by atoms with Crippen LogP contribution in [0.1, 0.15) is 47.0 Å². The molecule has 17 heteroatoms. The van der Waals surface area contributed by atoms with E-state index >= 15 is 0 Å². The third-order valence-corrected chi connectivity index (χ3v) is 7.48. The molecule has 7 atom stereocenters. The summed E-state index contributed by atoms with van der Waals surface area (Å²) in [7, 11) is 0. The monoisotopic (exact) mass is 587 g/mol. The summed E-state index contributed by atoms with van der Waals surface area (Å²) in [6, 6.07) is -2.68. The third-order valence-electron chi connectivity index (χ3n) is 7.48. The van der Waals surface area contributed by atoms with E-state index in [0.29, 0.717) is 6.42 Å². The molecule has 0 spiro atoms. The third kappa shape index (κ3) is 4.83. The van der Waals surface area contributed by atoms with Crippen LogP contribution in [-0.4, -0.2) is 120 Å². The molecule has 0 radical (unpaired) electrons. The van der Waals surface area contributed by atoms with Gasteiger partial charge in [0, 0.05) is 6.54 Å². The molecule has 3 fully saturated rings. The van der Waals surface area contributed by atoms with E-state index in [1.54, 1.807) is 0 Å². The summed E-state index contributed by atoms with van der Waals surface area (Å²) in [6.45, 7) is 5.35. The van der Waals surface area contributed by atoms with Crippen molar-refractivity contribution in [2.75, 3.05) is 6.54 Å². The molecule has 3 heterocycles. The smallest absolute Gasteiger partial charge is 0.368 e. The van der Waals surface area contributed by atoms with E-state index in [1.807, 2.05) is 0 Å². The van der Waals surface area contributed by atoms with Crippen molar-refractivity contribution in [1.29, 1.82) is 0 Å². The van der Waals surface area contributed by atoms with Gasteiger partial charge in [0.05, 0.1) is 6.42 Å². The van der Waals surface area contributed by atoms with Gasteiger partial charge in [0.25, 0.3) is 0 Å². The first-order valence-corrected chi connectivity index (χ1v) is 12.6. The lowest BCUT2D eigenvalue weighted by atomic mass is 9.68. The fourth-order valence-electron chi connectivity index (χ4n) is 5.75. The first-order chi connectivity index (χ1) is 18.8. The van der Waals surface area contributed by atoms with Crippen LogP contribution in [0.4, 0.5) is 0 Å². The molecule has 0 aromatic rings. The highest BCUT2D eigenvalue weighted by atomic mass is 16.9. The quantitative estimate of drug-likeness (QED) is 0.105. The molecule has 3 aliphatic heterocycles. The Morgan fingerprint density at radius 3 is 2.22 bits per heavy atom. The molecule has 3 saturated heterocycles. The van der Waals surface area contributed by atoms with Crippen molar-refractivity contribution >= 4 is 35.7 Å². The largest absolute Gasteiger partial charge is 0.500 e. The van der Waals surface area contributed by atoms with E-state index < -0.39 is 94.8 Å². The van der Waals surface area contributed by atoms with Gasteiger partial charge in [0.1, 0.15) is 23.7 Å². The van der Waals surface area contributed by atoms with Crippen LogP contribution in [0.25, 0.3) is 0 Å². The highest BCUT2D eigenvalue weighted by Gasteiger charge is 2.86. The molecule has 0 bridgehead atoms. The number of hydrogen-bond donors (Lipinski definition) is 7. The summed E-state index contributed by atoms with van der Waals surface area (Å²) in [5.74, 6) is -13.8. The minimum Gasteiger partial charge on any atom is -0.500 e. The van der Waals surface area contributed by atoms with Gasteiger partial charge < -0.3 is 55.7 Å². The lowest BCUT2D eigenvalue weighted by molar-refractivity contribution is -0.261. The Balaban J connectivity index is 2.19. The normalized spacial score (nSPS) is 32.5. The van der Waals surface area contributed by atoms with Gasteiger partial charge in [0.2, 0.25) is 17.6 Å². The Hall–Kier alpha value is -3.60. The topological polar surface area (TPSA) is 273 Å². The summed E-state index contributed by atoms with van der Waals surface area (Å²) in [5, 5.41) is 53.2. The molecule has 17 nitrogen and oxygen atoms in total. The molecule has 0 aliphatic carbocycles. The summed E-state index contributed by atoms with van der Waals surface area (Å²) >= 11 is 0. The fourth-order valence-corrected chi connectivity index (χ4v) is 5.75. The predicted octanol–water partition coefficient (Wildman–Crippen LogP) is -2.29. The Morgan fingerprint density at radius 1 is 1.12 bits per heavy atom. The number of aliphatic hydroxyl groups excluding tert-OH is 2. The number of nitrogens with zero attached hydrogens (tertiary/aromatic N) is 1. The zero-order valence-corrected chi connectivity index (χ0v) is 22.7. The van der Waals surface area contributed by atoms with Crippen molar-refractivity contribution in [3.05, 3.63) is 5.76 Å². The molecule has 0 saturated carbocycles. The lowest BCUT2D eigenvalue weighted by Gasteiger charge is -2.46. The minimum atomic E-state index is -3.27. The molecule has 8 N–H and O–H groups in total. The van der Waals surface area contributed by atoms with Crippen LogP contribution in [0.5, 0.6) is 0 Å². The second-order valence-electron chi connectivity index (χ2n) is 11.0. The number of amides is 2. The van der Waals surface area contributed by atoms with Crippen LogP contribution in [-0.2, 0) is 43.0 Å². The number of nitrogens with one attached hydrogen (secondary N) is 1. The maximum Gasteiger partial charge on any atom is 0.368 e. The number of fused-ring (bicyclic) bond motifs is 1. The molecule has 41 heavy (non-hydrogen) atoms. The van der Waals surface area contributed by atoms with Crippen LogP contribution in [0.2, 0.25) is 0 Å². The highest BCUT2D eigenvalue weighted by Crippen LogP contribution is 2.58. The maximum atomic E-state index is 14.0. The molecule has 0 aromatic heterocycles. The number of rotatable bonds is 10. The van der Waals surface area contributed by atoms with Gasteiger partial charge in [-0.1, -0.05) is 13.8 Å². The van der Waals surface area contributed by atoms with E-state index in [1.165, 1.54) is 13.8 Å². The number of carbonyl (C=O) groups excluding carboxylic acids is 3. The van der Waals surface area contributed by atoms with Crippen molar-refractivity contribution in [2.24, 2.45) is 11.7 Å². The zero-order valence-electron chi connectivity index (χ0n) is 22.7. The molecule has 0 aromatic carbocycles.